The van der Waals surface area contributed by atoms with Crippen LogP contribution in [0.2, 0.25) is 0 Å². The quantitative estimate of drug-likeness (QED) is 0.428. The molecular formula is C13H19IN4S2. The molecule has 0 saturated heterocycles. The molecule has 0 aromatic carbocycles. The SMILES string of the molecule is CCc1nc(CN=C(N)NCCc2cccs2)cs1.I. The highest BCUT2D eigenvalue weighted by Crippen LogP contribution is 2.10. The van der Waals surface area contributed by atoms with E-state index in [1.807, 2.05) is 5.38 Å². The molecule has 110 valence electrons. The van der Waals surface area contributed by atoms with Crippen LogP contribution in [0.25, 0.3) is 0 Å². The second-order valence-corrected chi connectivity index (χ2v) is 6.02. The molecule has 20 heavy (non-hydrogen) atoms. The molecule has 0 saturated carbocycles. The van der Waals surface area contributed by atoms with Crippen LogP contribution in [0.5, 0.6) is 0 Å². The van der Waals surface area contributed by atoms with Crippen molar-refractivity contribution in [1.29, 1.82) is 0 Å². The first-order chi connectivity index (χ1) is 9.28. The Morgan fingerprint density at radius 3 is 2.95 bits per heavy atom. The Bertz CT molecular complexity index is 522. The molecule has 2 aromatic heterocycles. The average molecular weight is 422 g/mol. The molecule has 0 radical (unpaired) electrons. The average Bonchev–Trinajstić information content (AvgIpc) is 3.07. The number of aliphatic imine (C=N–C) groups is 1. The van der Waals surface area contributed by atoms with E-state index >= 15 is 0 Å². The van der Waals surface area contributed by atoms with Crippen molar-refractivity contribution < 1.29 is 0 Å². The van der Waals surface area contributed by atoms with E-state index in [4.69, 9.17) is 5.73 Å². The van der Waals surface area contributed by atoms with Crippen LogP contribution in [0.3, 0.4) is 0 Å². The topological polar surface area (TPSA) is 63.3 Å². The first kappa shape index (κ1) is 17.4. The Kier molecular flexibility index (Phi) is 8.08. The molecule has 0 atom stereocenters. The number of thiazole rings is 1. The van der Waals surface area contributed by atoms with Gasteiger partial charge < -0.3 is 11.1 Å². The molecular weight excluding hydrogens is 403 g/mol. The van der Waals surface area contributed by atoms with Crippen LogP contribution in [-0.4, -0.2) is 17.5 Å². The molecule has 0 amide bonds. The second-order valence-electron chi connectivity index (χ2n) is 4.04. The largest absolute Gasteiger partial charge is 0.370 e. The van der Waals surface area contributed by atoms with E-state index in [1.165, 1.54) is 4.88 Å². The van der Waals surface area contributed by atoms with Crippen molar-refractivity contribution in [3.8, 4) is 0 Å². The third-order valence-electron chi connectivity index (χ3n) is 2.57. The van der Waals surface area contributed by atoms with Gasteiger partial charge in [-0.15, -0.1) is 46.7 Å². The van der Waals surface area contributed by atoms with Crippen molar-refractivity contribution in [1.82, 2.24) is 10.3 Å². The van der Waals surface area contributed by atoms with Gasteiger partial charge in [0.2, 0.25) is 0 Å². The number of rotatable bonds is 6. The van der Waals surface area contributed by atoms with Gasteiger partial charge in [-0.2, -0.15) is 0 Å². The van der Waals surface area contributed by atoms with Gasteiger partial charge in [0.25, 0.3) is 0 Å². The van der Waals surface area contributed by atoms with E-state index in [9.17, 15) is 0 Å². The third-order valence-corrected chi connectivity index (χ3v) is 4.55. The zero-order chi connectivity index (χ0) is 13.5. The summed E-state index contributed by atoms with van der Waals surface area (Å²) in [5.41, 5.74) is 6.81. The number of aryl methyl sites for hydroxylation is 1. The molecule has 2 aromatic rings. The highest BCUT2D eigenvalue weighted by Gasteiger charge is 2.00. The van der Waals surface area contributed by atoms with Gasteiger partial charge in [-0.05, 0) is 24.3 Å². The lowest BCUT2D eigenvalue weighted by Crippen LogP contribution is -2.33. The van der Waals surface area contributed by atoms with Crippen molar-refractivity contribution in [2.24, 2.45) is 10.7 Å². The zero-order valence-electron chi connectivity index (χ0n) is 11.3. The predicted octanol–water partition coefficient (Wildman–Crippen LogP) is 3.03. The molecule has 0 aliphatic heterocycles. The Morgan fingerprint density at radius 1 is 1.45 bits per heavy atom. The summed E-state index contributed by atoms with van der Waals surface area (Å²) in [6.45, 7) is 3.47. The van der Waals surface area contributed by atoms with Gasteiger partial charge in [0, 0.05) is 16.8 Å². The maximum atomic E-state index is 5.82. The highest BCUT2D eigenvalue weighted by atomic mass is 127. The fraction of sp³-hybridized carbons (Fsp3) is 0.385. The Morgan fingerprint density at radius 2 is 2.30 bits per heavy atom. The van der Waals surface area contributed by atoms with E-state index in [2.05, 4.69) is 39.7 Å². The first-order valence-electron chi connectivity index (χ1n) is 6.27. The number of nitrogens with one attached hydrogen (secondary N) is 1. The van der Waals surface area contributed by atoms with Crippen LogP contribution in [0, 0.1) is 0 Å². The van der Waals surface area contributed by atoms with Gasteiger partial charge in [-0.25, -0.2) is 9.98 Å². The molecule has 3 N–H and O–H groups in total. The minimum absolute atomic E-state index is 0. The molecule has 0 bridgehead atoms. The number of thiophene rings is 1. The molecule has 0 unspecified atom stereocenters. The molecule has 4 nitrogen and oxygen atoms in total. The van der Waals surface area contributed by atoms with Crippen LogP contribution < -0.4 is 11.1 Å². The van der Waals surface area contributed by atoms with Gasteiger partial charge in [0.15, 0.2) is 5.96 Å². The first-order valence-corrected chi connectivity index (χ1v) is 8.03. The third kappa shape index (κ3) is 5.76. The van der Waals surface area contributed by atoms with Crippen LogP contribution >= 0.6 is 46.7 Å². The van der Waals surface area contributed by atoms with Crippen LogP contribution in [0.1, 0.15) is 22.5 Å². The number of hydrogen-bond donors (Lipinski definition) is 2. The maximum absolute atomic E-state index is 5.82. The van der Waals surface area contributed by atoms with Crippen LogP contribution in [0.15, 0.2) is 27.9 Å². The molecule has 2 rings (SSSR count). The molecule has 0 aliphatic carbocycles. The number of hydrogen-bond acceptors (Lipinski definition) is 4. The molecule has 7 heteroatoms. The predicted molar refractivity (Wildman–Crippen MR) is 98.3 cm³/mol. The number of aromatic nitrogens is 1. The standard InChI is InChI=1S/C13H18N4S2.HI/c1-2-12-17-10(9-19-12)8-16-13(14)15-6-5-11-4-3-7-18-11;/h3-4,7,9H,2,5-6,8H2,1H3,(H3,14,15,16);1H. The monoisotopic (exact) mass is 422 g/mol. The number of nitrogens with two attached hydrogens (primary N) is 1. The maximum Gasteiger partial charge on any atom is 0.188 e. The van der Waals surface area contributed by atoms with Crippen molar-refractivity contribution in [2.75, 3.05) is 6.54 Å². The second kappa shape index (κ2) is 9.30. The summed E-state index contributed by atoms with van der Waals surface area (Å²) in [6.07, 6.45) is 1.95. The smallest absolute Gasteiger partial charge is 0.188 e. The van der Waals surface area contributed by atoms with Crippen LogP contribution in [-0.2, 0) is 19.4 Å². The number of guanidine groups is 1. The van der Waals surface area contributed by atoms with E-state index in [1.54, 1.807) is 22.7 Å². The van der Waals surface area contributed by atoms with Gasteiger partial charge >= 0.3 is 0 Å². The summed E-state index contributed by atoms with van der Waals surface area (Å²) in [7, 11) is 0. The van der Waals surface area contributed by atoms with Gasteiger partial charge in [-0.1, -0.05) is 13.0 Å². The lowest BCUT2D eigenvalue weighted by Gasteiger charge is -2.03. The lowest BCUT2D eigenvalue weighted by molar-refractivity contribution is 0.853. The van der Waals surface area contributed by atoms with Gasteiger partial charge in [0.1, 0.15) is 0 Å². The van der Waals surface area contributed by atoms with Crippen molar-refractivity contribution in [3.05, 3.63) is 38.5 Å². The number of halogens is 1. The Balaban J connectivity index is 0.00000200. The van der Waals surface area contributed by atoms with Gasteiger partial charge in [0.05, 0.1) is 17.2 Å². The fourth-order valence-electron chi connectivity index (χ4n) is 1.57. The summed E-state index contributed by atoms with van der Waals surface area (Å²) in [6, 6.07) is 4.19. The van der Waals surface area contributed by atoms with E-state index < -0.39 is 0 Å². The van der Waals surface area contributed by atoms with Crippen molar-refractivity contribution >= 4 is 52.6 Å². The zero-order valence-corrected chi connectivity index (χ0v) is 15.3. The Hall–Kier alpha value is -0.670. The van der Waals surface area contributed by atoms with E-state index in [-0.39, 0.29) is 24.0 Å². The molecule has 0 aliphatic rings. The minimum Gasteiger partial charge on any atom is -0.370 e. The summed E-state index contributed by atoms with van der Waals surface area (Å²) in [5, 5.41) is 8.40. The van der Waals surface area contributed by atoms with Crippen LogP contribution in [0.4, 0.5) is 0 Å². The Labute approximate surface area is 144 Å². The van der Waals surface area contributed by atoms with Crippen molar-refractivity contribution in [3.63, 3.8) is 0 Å². The lowest BCUT2D eigenvalue weighted by atomic mass is 10.3. The summed E-state index contributed by atoms with van der Waals surface area (Å²) in [4.78, 5) is 10.1. The minimum atomic E-state index is 0. The summed E-state index contributed by atoms with van der Waals surface area (Å²) in [5.74, 6) is 0.489. The summed E-state index contributed by atoms with van der Waals surface area (Å²) < 4.78 is 0. The fourth-order valence-corrected chi connectivity index (χ4v) is 3.02. The number of nitrogens with zero attached hydrogens (tertiary/aromatic N) is 2. The molecule has 2 heterocycles. The van der Waals surface area contributed by atoms with E-state index in [0.29, 0.717) is 12.5 Å². The van der Waals surface area contributed by atoms with E-state index in [0.717, 1.165) is 30.1 Å². The molecule has 0 fully saturated rings. The normalized spacial score (nSPS) is 11.2. The van der Waals surface area contributed by atoms with Gasteiger partial charge in [-0.3, -0.25) is 0 Å². The van der Waals surface area contributed by atoms with Crippen molar-refractivity contribution in [2.45, 2.75) is 26.3 Å². The summed E-state index contributed by atoms with van der Waals surface area (Å²) >= 11 is 3.44. The molecule has 0 spiro atoms. The highest BCUT2D eigenvalue weighted by molar-refractivity contribution is 14.0.